The number of nitrogens with zero attached hydrogens (tertiary/aromatic N) is 2. The molecule has 1 aromatic rings. The largest absolute Gasteiger partial charge is 0.507 e. The number of amides is 2. The zero-order chi connectivity index (χ0) is 29.8. The van der Waals surface area contributed by atoms with Crippen molar-refractivity contribution in [1.29, 1.82) is 0 Å². The summed E-state index contributed by atoms with van der Waals surface area (Å²) >= 11 is 0. The van der Waals surface area contributed by atoms with Crippen LogP contribution in [0.1, 0.15) is 40.4 Å². The first-order valence-electron chi connectivity index (χ1n) is 13.3. The predicted molar refractivity (Wildman–Crippen MR) is 141 cm³/mol. The number of phenolic OH excluding ortho intramolecular Hbond substituents is 1. The molecule has 12 heteroatoms. The second-order valence-corrected chi connectivity index (χ2v) is 11.6. The van der Waals surface area contributed by atoms with E-state index in [1.54, 1.807) is 39.2 Å². The molecule has 0 bridgehead atoms. The Morgan fingerprint density at radius 1 is 1.10 bits per heavy atom. The van der Waals surface area contributed by atoms with Gasteiger partial charge in [-0.1, -0.05) is 13.0 Å². The van der Waals surface area contributed by atoms with E-state index >= 15 is 0 Å². The number of hydrogen-bond donors (Lipinski definition) is 4. The Kier molecular flexibility index (Phi) is 7.74. The van der Waals surface area contributed by atoms with E-state index in [1.807, 2.05) is 6.92 Å². The lowest BCUT2D eigenvalue weighted by molar-refractivity contribution is -0.181. The minimum atomic E-state index is -2.77. The Labute approximate surface area is 231 Å². The number of nitrogens with one attached hydrogen (secondary N) is 1. The Balaban J connectivity index is 1.79. The number of likely N-dealkylation sites (N-methyl/N-ethyl adjacent to an activating group) is 2. The van der Waals surface area contributed by atoms with Crippen LogP contribution in [0.15, 0.2) is 6.07 Å². The molecule has 0 heterocycles. The van der Waals surface area contributed by atoms with Crippen molar-refractivity contribution < 1.29 is 39.0 Å². The molecule has 5 N–H and O–H groups in total. The zero-order valence-electron chi connectivity index (χ0n) is 23.3. The van der Waals surface area contributed by atoms with Gasteiger partial charge in [0.05, 0.1) is 24.1 Å². The fraction of sp³-hybridized carbons (Fsp3) is 0.571. The molecular weight excluding hydrogens is 520 g/mol. The number of aromatic hydroxyl groups is 1. The summed E-state index contributed by atoms with van der Waals surface area (Å²) in [6.07, 6.45) is 0.705. The second-order valence-electron chi connectivity index (χ2n) is 11.6. The highest BCUT2D eigenvalue weighted by molar-refractivity contribution is 6.32. The van der Waals surface area contributed by atoms with Gasteiger partial charge in [0.2, 0.25) is 11.8 Å². The molecule has 216 valence electrons. The Morgan fingerprint density at radius 2 is 1.75 bits per heavy atom. The van der Waals surface area contributed by atoms with Gasteiger partial charge in [-0.25, -0.2) is 0 Å². The molecule has 0 aromatic heterocycles. The summed E-state index contributed by atoms with van der Waals surface area (Å²) in [6.45, 7) is 1.96. The van der Waals surface area contributed by atoms with E-state index in [2.05, 4.69) is 5.32 Å². The van der Waals surface area contributed by atoms with Crippen molar-refractivity contribution >= 4 is 34.9 Å². The normalized spacial score (nSPS) is 29.8. The molecule has 0 aliphatic heterocycles. The van der Waals surface area contributed by atoms with Crippen LogP contribution in [0.4, 0.5) is 0 Å². The van der Waals surface area contributed by atoms with Crippen molar-refractivity contribution in [2.24, 2.45) is 29.4 Å². The van der Waals surface area contributed by atoms with Gasteiger partial charge in [-0.3, -0.25) is 33.7 Å². The van der Waals surface area contributed by atoms with Gasteiger partial charge in [0, 0.05) is 18.0 Å². The standard InChI is InChI=1S/C28H36N4O8/c1-6-12-7-14(10-30-17(33)11-31(2)3)22(34)19-15(12)8-13-9-16-21(32(4)5)24(36)20(27(29)39)26(38)28(16,40)25(37)18(13)23(19)35/h7,13,16,18,20-21,34,40H,6,8-11H2,1-5H3,(H2,29,39)(H,30,33)/t13-,16-,18?,20?,21-,28-/m0/s1. The van der Waals surface area contributed by atoms with Crippen molar-refractivity contribution in [2.45, 2.75) is 44.4 Å². The van der Waals surface area contributed by atoms with E-state index < -0.39 is 64.4 Å². The number of nitrogens with two attached hydrogens (primary N) is 1. The lowest BCUT2D eigenvalue weighted by Crippen LogP contribution is -2.74. The van der Waals surface area contributed by atoms with Crippen LogP contribution in [-0.4, -0.2) is 101 Å². The lowest BCUT2D eigenvalue weighted by atomic mass is 9.52. The molecule has 0 saturated heterocycles. The molecule has 6 atom stereocenters. The maximum atomic E-state index is 13.9. The molecule has 2 amide bonds. The number of rotatable bonds is 7. The molecule has 12 nitrogen and oxygen atoms in total. The summed E-state index contributed by atoms with van der Waals surface area (Å²) < 4.78 is 0. The molecule has 0 radical (unpaired) electrons. The predicted octanol–water partition coefficient (Wildman–Crippen LogP) is -1.39. The van der Waals surface area contributed by atoms with Crippen LogP contribution in [0.2, 0.25) is 0 Å². The highest BCUT2D eigenvalue weighted by Crippen LogP contribution is 2.51. The SMILES string of the molecule is CCc1cc(CNC(=O)CN(C)C)c(O)c2c1C[C@H]1C[C@H]3[C@H](N(C)C)C(=O)C(C(N)=O)C(=O)[C@@]3(O)C(=O)C1C2=O. The number of primary amides is 1. The number of ketones is 4. The van der Waals surface area contributed by atoms with Gasteiger partial charge in [0.25, 0.3) is 0 Å². The van der Waals surface area contributed by atoms with Gasteiger partial charge in [0.1, 0.15) is 5.75 Å². The molecule has 40 heavy (non-hydrogen) atoms. The first-order valence-corrected chi connectivity index (χ1v) is 13.3. The van der Waals surface area contributed by atoms with Crippen LogP contribution < -0.4 is 11.1 Å². The third kappa shape index (κ3) is 4.43. The fourth-order valence-corrected chi connectivity index (χ4v) is 6.80. The van der Waals surface area contributed by atoms with Crippen LogP contribution in [0.5, 0.6) is 5.75 Å². The summed E-state index contributed by atoms with van der Waals surface area (Å²) in [6, 6.07) is 0.584. The third-order valence-corrected chi connectivity index (χ3v) is 8.55. The minimum absolute atomic E-state index is 0.00381. The van der Waals surface area contributed by atoms with Gasteiger partial charge in [-0.2, -0.15) is 0 Å². The summed E-state index contributed by atoms with van der Waals surface area (Å²) in [7, 11) is 6.56. The van der Waals surface area contributed by atoms with E-state index in [1.165, 1.54) is 4.90 Å². The molecule has 3 aliphatic carbocycles. The average molecular weight is 557 g/mol. The van der Waals surface area contributed by atoms with Crippen molar-refractivity contribution in [3.05, 3.63) is 28.3 Å². The molecule has 4 rings (SSSR count). The summed E-state index contributed by atoms with van der Waals surface area (Å²) in [4.78, 5) is 81.8. The van der Waals surface area contributed by atoms with E-state index in [9.17, 15) is 39.0 Å². The number of hydrogen-bond acceptors (Lipinski definition) is 10. The monoisotopic (exact) mass is 556 g/mol. The number of phenols is 1. The number of carbonyl (C=O) groups excluding carboxylic acids is 6. The van der Waals surface area contributed by atoms with Gasteiger partial charge in [0.15, 0.2) is 34.7 Å². The lowest BCUT2D eigenvalue weighted by Gasteiger charge is -2.52. The number of benzene rings is 1. The highest BCUT2D eigenvalue weighted by Gasteiger charge is 2.69. The molecule has 3 aliphatic rings. The number of aryl methyl sites for hydroxylation is 1. The molecule has 2 fully saturated rings. The van der Waals surface area contributed by atoms with Gasteiger partial charge in [-0.05, 0) is 64.5 Å². The number of aliphatic hydroxyl groups is 1. The van der Waals surface area contributed by atoms with Crippen molar-refractivity contribution in [1.82, 2.24) is 15.1 Å². The maximum Gasteiger partial charge on any atom is 0.235 e. The molecule has 0 spiro atoms. The number of carbonyl (C=O) groups is 6. The highest BCUT2D eigenvalue weighted by atomic mass is 16.3. The van der Waals surface area contributed by atoms with Crippen molar-refractivity contribution in [3.63, 3.8) is 0 Å². The molecule has 1 aromatic carbocycles. The third-order valence-electron chi connectivity index (χ3n) is 8.55. The Hall–Kier alpha value is -3.48. The fourth-order valence-electron chi connectivity index (χ4n) is 6.80. The summed E-state index contributed by atoms with van der Waals surface area (Å²) in [5.74, 6) is -11.1. The van der Waals surface area contributed by atoms with Gasteiger partial charge in [-0.15, -0.1) is 0 Å². The van der Waals surface area contributed by atoms with Gasteiger partial charge < -0.3 is 26.2 Å². The number of Topliss-reactive ketones (excluding diaryl/α,β-unsaturated/α-hetero) is 4. The quantitative estimate of drug-likeness (QED) is 0.291. The molecule has 2 saturated carbocycles. The van der Waals surface area contributed by atoms with Crippen LogP contribution in [0, 0.1) is 23.7 Å². The van der Waals surface area contributed by atoms with E-state index in [4.69, 9.17) is 5.73 Å². The zero-order valence-corrected chi connectivity index (χ0v) is 23.3. The first kappa shape index (κ1) is 29.5. The van der Waals surface area contributed by atoms with E-state index in [0.29, 0.717) is 17.5 Å². The Morgan fingerprint density at radius 3 is 2.30 bits per heavy atom. The molecular formula is C28H36N4O8. The topological polar surface area (TPSA) is 187 Å². The molecule has 2 unspecified atom stereocenters. The summed E-state index contributed by atoms with van der Waals surface area (Å²) in [5, 5.41) is 25.6. The minimum Gasteiger partial charge on any atom is -0.507 e. The van der Waals surface area contributed by atoms with Crippen LogP contribution in [-0.2, 0) is 43.4 Å². The number of fused-ring (bicyclic) bond motifs is 3. The van der Waals surface area contributed by atoms with Crippen molar-refractivity contribution in [3.8, 4) is 5.75 Å². The van der Waals surface area contributed by atoms with Crippen LogP contribution in [0.3, 0.4) is 0 Å². The maximum absolute atomic E-state index is 13.9. The average Bonchev–Trinajstić information content (AvgIpc) is 2.85. The first-order chi connectivity index (χ1) is 18.7. The summed E-state index contributed by atoms with van der Waals surface area (Å²) in [5.41, 5.74) is 4.15. The van der Waals surface area contributed by atoms with E-state index in [0.717, 1.165) is 5.56 Å². The van der Waals surface area contributed by atoms with Crippen LogP contribution in [0.25, 0.3) is 0 Å². The smallest absolute Gasteiger partial charge is 0.235 e. The van der Waals surface area contributed by atoms with E-state index in [-0.39, 0.29) is 43.2 Å². The van der Waals surface area contributed by atoms with Crippen molar-refractivity contribution in [2.75, 3.05) is 34.7 Å². The van der Waals surface area contributed by atoms with Gasteiger partial charge >= 0.3 is 0 Å². The van der Waals surface area contributed by atoms with Crippen LogP contribution >= 0.6 is 0 Å². The Bertz CT molecular complexity index is 1320. The second kappa shape index (κ2) is 10.5.